The number of rotatable bonds is 1. The van der Waals surface area contributed by atoms with E-state index < -0.39 is 0 Å². The molecule has 0 aliphatic heterocycles. The molecule has 0 aliphatic carbocycles. The zero-order chi connectivity index (χ0) is 9.26. The topological polar surface area (TPSA) is 12.9 Å². The van der Waals surface area contributed by atoms with E-state index in [9.17, 15) is 0 Å². The van der Waals surface area contributed by atoms with Crippen LogP contribution < -0.4 is 0 Å². The van der Waals surface area contributed by atoms with Gasteiger partial charge in [0.1, 0.15) is 0 Å². The highest BCUT2D eigenvalue weighted by Gasteiger charge is 1.97. The molecule has 0 spiro atoms. The maximum absolute atomic E-state index is 5.88. The van der Waals surface area contributed by atoms with Gasteiger partial charge in [0.2, 0.25) is 0 Å². The Morgan fingerprint density at radius 2 is 2.08 bits per heavy atom. The zero-order valence-corrected chi connectivity index (χ0v) is 9.14. The van der Waals surface area contributed by atoms with Gasteiger partial charge in [-0.1, -0.05) is 33.6 Å². The molecule has 1 aromatic heterocycles. The summed E-state index contributed by atoms with van der Waals surface area (Å²) in [5.41, 5.74) is 1.02. The minimum atomic E-state index is 0.763. The van der Waals surface area contributed by atoms with E-state index in [-0.39, 0.29) is 0 Å². The molecule has 0 N–H and O–H groups in total. The van der Waals surface area contributed by atoms with Crippen molar-refractivity contribution in [3.8, 4) is 0 Å². The molecule has 2 rings (SSSR count). The van der Waals surface area contributed by atoms with Crippen molar-refractivity contribution in [3.63, 3.8) is 0 Å². The summed E-state index contributed by atoms with van der Waals surface area (Å²) in [5, 5.41) is 3.79. The second-order valence-electron chi connectivity index (χ2n) is 2.80. The summed E-state index contributed by atoms with van der Waals surface area (Å²) in [5.74, 6) is 0. The van der Waals surface area contributed by atoms with E-state index in [2.05, 4.69) is 20.9 Å². The van der Waals surface area contributed by atoms with Gasteiger partial charge in [0.15, 0.2) is 0 Å². The zero-order valence-electron chi connectivity index (χ0n) is 6.80. The molecule has 0 fully saturated rings. The molecule has 0 bridgehead atoms. The fraction of sp³-hybridized carbons (Fsp3) is 0.100. The van der Waals surface area contributed by atoms with Gasteiger partial charge in [-0.3, -0.25) is 4.98 Å². The summed E-state index contributed by atoms with van der Waals surface area (Å²) >= 11 is 9.25. The van der Waals surface area contributed by atoms with E-state index in [0.717, 1.165) is 26.8 Å². The first-order valence-corrected chi connectivity index (χ1v) is 5.40. The average molecular weight is 257 g/mol. The lowest BCUT2D eigenvalue weighted by molar-refractivity contribution is 1.21. The number of hydrogen-bond donors (Lipinski definition) is 0. The van der Waals surface area contributed by atoms with Crippen molar-refractivity contribution in [2.75, 3.05) is 0 Å². The minimum Gasteiger partial charge on any atom is -0.260 e. The lowest BCUT2D eigenvalue weighted by Crippen LogP contribution is -1.84. The van der Waals surface area contributed by atoms with Gasteiger partial charge in [0.25, 0.3) is 0 Å². The Kier molecular flexibility index (Phi) is 2.51. The smallest absolute Gasteiger partial charge is 0.0515 e. The lowest BCUT2D eigenvalue weighted by atomic mass is 10.1. The summed E-state index contributed by atoms with van der Waals surface area (Å²) < 4.78 is 0. The molecular weight excluding hydrogens is 249 g/mol. The van der Waals surface area contributed by atoms with Crippen molar-refractivity contribution in [3.05, 3.63) is 41.2 Å². The van der Waals surface area contributed by atoms with Crippen LogP contribution in [-0.4, -0.2) is 4.98 Å². The lowest BCUT2D eigenvalue weighted by Gasteiger charge is -1.99. The summed E-state index contributed by atoms with van der Waals surface area (Å²) in [6, 6.07) is 7.84. The Balaban J connectivity index is 2.68. The van der Waals surface area contributed by atoms with Crippen LogP contribution in [0.4, 0.5) is 0 Å². The van der Waals surface area contributed by atoms with Gasteiger partial charge >= 0.3 is 0 Å². The van der Waals surface area contributed by atoms with Crippen molar-refractivity contribution < 1.29 is 0 Å². The molecule has 0 aliphatic rings. The van der Waals surface area contributed by atoms with Crippen molar-refractivity contribution in [2.24, 2.45) is 0 Å². The first-order chi connectivity index (χ1) is 6.29. The molecule has 0 saturated heterocycles. The first kappa shape index (κ1) is 8.97. The normalized spacial score (nSPS) is 10.6. The number of nitrogens with zero attached hydrogens (tertiary/aromatic N) is 1. The number of pyridine rings is 1. The Hall–Kier alpha value is -0.600. The highest BCUT2D eigenvalue weighted by atomic mass is 79.9. The van der Waals surface area contributed by atoms with E-state index in [4.69, 9.17) is 11.6 Å². The molecule has 0 saturated carbocycles. The number of benzene rings is 1. The van der Waals surface area contributed by atoms with Crippen LogP contribution in [0, 0.1) is 0 Å². The third-order valence-electron chi connectivity index (χ3n) is 1.88. The number of fused-ring (bicyclic) bond motifs is 1. The fourth-order valence-corrected chi connectivity index (χ4v) is 1.72. The van der Waals surface area contributed by atoms with Crippen LogP contribution in [0.25, 0.3) is 10.8 Å². The van der Waals surface area contributed by atoms with Gasteiger partial charge in [-0.05, 0) is 23.6 Å². The molecule has 1 aromatic carbocycles. The fourth-order valence-electron chi connectivity index (χ4n) is 1.23. The van der Waals surface area contributed by atoms with Crippen LogP contribution in [0.2, 0.25) is 5.02 Å². The van der Waals surface area contributed by atoms with Crippen molar-refractivity contribution in [2.45, 2.75) is 5.33 Å². The molecule has 1 nitrogen and oxygen atoms in total. The number of alkyl halides is 1. The molecule has 13 heavy (non-hydrogen) atoms. The molecule has 0 atom stereocenters. The monoisotopic (exact) mass is 255 g/mol. The Labute approximate surface area is 89.9 Å². The van der Waals surface area contributed by atoms with Crippen LogP contribution in [0.15, 0.2) is 30.5 Å². The first-order valence-electron chi connectivity index (χ1n) is 3.90. The predicted octanol–water partition coefficient (Wildman–Crippen LogP) is 3.78. The van der Waals surface area contributed by atoms with Crippen molar-refractivity contribution in [1.29, 1.82) is 0 Å². The van der Waals surface area contributed by atoms with Crippen LogP contribution in [-0.2, 0) is 5.33 Å². The van der Waals surface area contributed by atoms with Crippen LogP contribution in [0.3, 0.4) is 0 Å². The third kappa shape index (κ3) is 1.84. The third-order valence-corrected chi connectivity index (χ3v) is 2.69. The largest absolute Gasteiger partial charge is 0.260 e. The van der Waals surface area contributed by atoms with Crippen molar-refractivity contribution >= 4 is 38.3 Å². The molecule has 2 aromatic rings. The summed E-state index contributed by atoms with van der Waals surface area (Å²) in [6.07, 6.45) is 1.86. The van der Waals surface area contributed by atoms with E-state index in [1.807, 2.05) is 30.5 Å². The summed E-state index contributed by atoms with van der Waals surface area (Å²) in [7, 11) is 0. The summed E-state index contributed by atoms with van der Waals surface area (Å²) in [4.78, 5) is 4.27. The number of hydrogen-bond acceptors (Lipinski definition) is 1. The molecular formula is C10H7BrClN. The number of halogens is 2. The van der Waals surface area contributed by atoms with Gasteiger partial charge in [0.05, 0.1) is 5.69 Å². The maximum Gasteiger partial charge on any atom is 0.0515 e. The van der Waals surface area contributed by atoms with Gasteiger partial charge in [-0.2, -0.15) is 0 Å². The Morgan fingerprint density at radius 3 is 2.85 bits per heavy atom. The minimum absolute atomic E-state index is 0.763. The van der Waals surface area contributed by atoms with E-state index >= 15 is 0 Å². The van der Waals surface area contributed by atoms with Crippen LogP contribution in [0.5, 0.6) is 0 Å². The van der Waals surface area contributed by atoms with Gasteiger partial charge in [-0.25, -0.2) is 0 Å². The van der Waals surface area contributed by atoms with Gasteiger partial charge < -0.3 is 0 Å². The molecule has 1 heterocycles. The molecule has 0 amide bonds. The molecule has 0 unspecified atom stereocenters. The summed E-state index contributed by atoms with van der Waals surface area (Å²) in [6.45, 7) is 0. The van der Waals surface area contributed by atoms with Crippen molar-refractivity contribution in [1.82, 2.24) is 4.98 Å². The van der Waals surface area contributed by atoms with Gasteiger partial charge in [-0.15, -0.1) is 0 Å². The number of aromatic nitrogens is 1. The second kappa shape index (κ2) is 3.64. The maximum atomic E-state index is 5.88. The quantitative estimate of drug-likeness (QED) is 0.708. The Morgan fingerprint density at radius 1 is 1.23 bits per heavy atom. The molecule has 3 heteroatoms. The van der Waals surface area contributed by atoms with Crippen LogP contribution >= 0.6 is 27.5 Å². The average Bonchev–Trinajstić information content (AvgIpc) is 2.16. The molecule has 0 radical (unpaired) electrons. The predicted molar refractivity (Wildman–Crippen MR) is 59.4 cm³/mol. The van der Waals surface area contributed by atoms with E-state index in [1.54, 1.807) is 0 Å². The molecule has 66 valence electrons. The van der Waals surface area contributed by atoms with Crippen LogP contribution in [0.1, 0.15) is 5.69 Å². The standard InChI is InChI=1S/C10H7BrClN/c11-5-10-4-8-3-9(12)2-1-7(8)6-13-10/h1-4,6H,5H2. The van der Waals surface area contributed by atoms with Gasteiger partial charge in [0, 0.05) is 21.9 Å². The second-order valence-corrected chi connectivity index (χ2v) is 3.80. The highest BCUT2D eigenvalue weighted by molar-refractivity contribution is 9.08. The van der Waals surface area contributed by atoms with E-state index in [1.165, 1.54) is 0 Å². The van der Waals surface area contributed by atoms with E-state index in [0.29, 0.717) is 0 Å². The SMILES string of the molecule is Clc1ccc2cnc(CBr)cc2c1. The Bertz CT molecular complexity index is 442. The highest BCUT2D eigenvalue weighted by Crippen LogP contribution is 2.19.